The van der Waals surface area contributed by atoms with Crippen molar-refractivity contribution in [2.75, 3.05) is 6.54 Å². The lowest BCUT2D eigenvalue weighted by molar-refractivity contribution is 0.0915. The van der Waals surface area contributed by atoms with E-state index < -0.39 is 0 Å². The summed E-state index contributed by atoms with van der Waals surface area (Å²) in [7, 11) is 0. The topological polar surface area (TPSA) is 78.0 Å². The van der Waals surface area contributed by atoms with Crippen LogP contribution in [-0.2, 0) is 12.8 Å². The van der Waals surface area contributed by atoms with E-state index in [4.69, 9.17) is 0 Å². The quantitative estimate of drug-likeness (QED) is 0.731. The molecule has 0 saturated heterocycles. The normalized spacial score (nSPS) is 15.8. The Bertz CT molecular complexity index is 426. The molecule has 3 N–H and O–H groups in total. The second-order valence-corrected chi connectivity index (χ2v) is 5.24. The molecule has 1 heterocycles. The van der Waals surface area contributed by atoms with Crippen molar-refractivity contribution in [1.82, 2.24) is 15.5 Å². The summed E-state index contributed by atoms with van der Waals surface area (Å²) in [6.45, 7) is 4.42. The summed E-state index contributed by atoms with van der Waals surface area (Å²) in [5, 5.41) is 19.5. The smallest absolute Gasteiger partial charge is 0.272 e. The predicted molar refractivity (Wildman–Crippen MR) is 68.4 cm³/mol. The molecule has 0 bridgehead atoms. The fourth-order valence-corrected chi connectivity index (χ4v) is 2.26. The zero-order valence-electron chi connectivity index (χ0n) is 11.0. The number of carbonyl (C=O) groups is 1. The Labute approximate surface area is 107 Å². The van der Waals surface area contributed by atoms with Gasteiger partial charge in [0.05, 0.1) is 6.10 Å². The van der Waals surface area contributed by atoms with Crippen molar-refractivity contribution in [3.63, 3.8) is 0 Å². The fraction of sp³-hybridized carbons (Fsp3) is 0.692. The Hall–Kier alpha value is -1.36. The van der Waals surface area contributed by atoms with Gasteiger partial charge in [0, 0.05) is 17.8 Å². The summed E-state index contributed by atoms with van der Waals surface area (Å²) in [6, 6.07) is 0. The maximum absolute atomic E-state index is 11.9. The van der Waals surface area contributed by atoms with Gasteiger partial charge in [0.15, 0.2) is 5.69 Å². The SMILES string of the molecule is CC(C)C(O)CCNC(=O)c1n[nH]c2c1CCC2. The van der Waals surface area contributed by atoms with Gasteiger partial charge in [-0.05, 0) is 31.6 Å². The van der Waals surface area contributed by atoms with Crippen LogP contribution in [0.2, 0.25) is 0 Å². The number of rotatable bonds is 5. The van der Waals surface area contributed by atoms with Crippen molar-refractivity contribution >= 4 is 5.91 Å². The Balaban J connectivity index is 1.85. The van der Waals surface area contributed by atoms with E-state index in [-0.39, 0.29) is 17.9 Å². The first-order chi connectivity index (χ1) is 8.59. The van der Waals surface area contributed by atoms with Crippen LogP contribution in [0.3, 0.4) is 0 Å². The number of carbonyl (C=O) groups excluding carboxylic acids is 1. The first-order valence-electron chi connectivity index (χ1n) is 6.62. The van der Waals surface area contributed by atoms with Crippen LogP contribution in [0.15, 0.2) is 0 Å². The molecule has 0 fully saturated rings. The van der Waals surface area contributed by atoms with Crippen LogP contribution >= 0.6 is 0 Å². The Morgan fingerprint density at radius 1 is 1.50 bits per heavy atom. The number of hydrogen-bond acceptors (Lipinski definition) is 3. The van der Waals surface area contributed by atoms with Gasteiger partial charge in [0.1, 0.15) is 0 Å². The first-order valence-corrected chi connectivity index (χ1v) is 6.62. The minimum Gasteiger partial charge on any atom is -0.393 e. The molecule has 0 spiro atoms. The Kier molecular flexibility index (Phi) is 4.01. The highest BCUT2D eigenvalue weighted by molar-refractivity contribution is 5.94. The number of fused-ring (bicyclic) bond motifs is 1. The van der Waals surface area contributed by atoms with Crippen LogP contribution in [-0.4, -0.2) is 33.9 Å². The second kappa shape index (κ2) is 5.52. The van der Waals surface area contributed by atoms with Crippen LogP contribution in [0, 0.1) is 5.92 Å². The molecule has 1 aliphatic carbocycles. The zero-order chi connectivity index (χ0) is 13.1. The summed E-state index contributed by atoms with van der Waals surface area (Å²) in [5.74, 6) is 0.0851. The lowest BCUT2D eigenvalue weighted by Crippen LogP contribution is -2.29. The first kappa shape index (κ1) is 13.1. The predicted octanol–water partition coefficient (Wildman–Crippen LogP) is 1.04. The molecule has 1 aromatic rings. The summed E-state index contributed by atoms with van der Waals surface area (Å²) >= 11 is 0. The third kappa shape index (κ3) is 2.72. The minimum absolute atomic E-state index is 0.134. The molecule has 0 aliphatic heterocycles. The Morgan fingerprint density at radius 3 is 3.00 bits per heavy atom. The molecular formula is C13H21N3O2. The van der Waals surface area contributed by atoms with E-state index in [1.165, 1.54) is 0 Å². The van der Waals surface area contributed by atoms with E-state index in [0.29, 0.717) is 18.7 Å². The average molecular weight is 251 g/mol. The number of amides is 1. The number of nitrogens with one attached hydrogen (secondary N) is 2. The molecule has 2 rings (SSSR count). The van der Waals surface area contributed by atoms with Crippen molar-refractivity contribution < 1.29 is 9.90 Å². The van der Waals surface area contributed by atoms with E-state index >= 15 is 0 Å². The third-order valence-electron chi connectivity index (χ3n) is 3.52. The maximum atomic E-state index is 11.9. The van der Waals surface area contributed by atoms with Gasteiger partial charge in [-0.3, -0.25) is 9.89 Å². The van der Waals surface area contributed by atoms with E-state index in [9.17, 15) is 9.90 Å². The fourth-order valence-electron chi connectivity index (χ4n) is 2.26. The highest BCUT2D eigenvalue weighted by Gasteiger charge is 2.22. The van der Waals surface area contributed by atoms with Gasteiger partial charge in [-0.15, -0.1) is 0 Å². The highest BCUT2D eigenvalue weighted by Crippen LogP contribution is 2.22. The Morgan fingerprint density at radius 2 is 2.28 bits per heavy atom. The molecule has 0 aromatic carbocycles. The molecule has 0 saturated carbocycles. The molecule has 100 valence electrons. The summed E-state index contributed by atoms with van der Waals surface area (Å²) < 4.78 is 0. The van der Waals surface area contributed by atoms with E-state index in [1.54, 1.807) is 0 Å². The number of aromatic amines is 1. The molecule has 5 heteroatoms. The zero-order valence-corrected chi connectivity index (χ0v) is 11.0. The molecule has 18 heavy (non-hydrogen) atoms. The second-order valence-electron chi connectivity index (χ2n) is 5.24. The van der Waals surface area contributed by atoms with Gasteiger partial charge < -0.3 is 10.4 Å². The highest BCUT2D eigenvalue weighted by atomic mass is 16.3. The van der Waals surface area contributed by atoms with Crippen molar-refractivity contribution in [3.8, 4) is 0 Å². The number of aliphatic hydroxyl groups is 1. The molecule has 1 aliphatic rings. The van der Waals surface area contributed by atoms with Gasteiger partial charge in [0.2, 0.25) is 0 Å². The molecule has 0 radical (unpaired) electrons. The van der Waals surface area contributed by atoms with E-state index in [1.807, 2.05) is 13.8 Å². The van der Waals surface area contributed by atoms with Gasteiger partial charge in [-0.2, -0.15) is 5.10 Å². The third-order valence-corrected chi connectivity index (χ3v) is 3.52. The van der Waals surface area contributed by atoms with Crippen molar-refractivity contribution in [1.29, 1.82) is 0 Å². The monoisotopic (exact) mass is 251 g/mol. The lowest BCUT2D eigenvalue weighted by Gasteiger charge is -2.14. The molecular weight excluding hydrogens is 230 g/mol. The van der Waals surface area contributed by atoms with Crippen molar-refractivity contribution in [2.45, 2.75) is 45.6 Å². The molecule has 5 nitrogen and oxygen atoms in total. The largest absolute Gasteiger partial charge is 0.393 e. The van der Waals surface area contributed by atoms with Crippen molar-refractivity contribution in [2.24, 2.45) is 5.92 Å². The maximum Gasteiger partial charge on any atom is 0.272 e. The van der Waals surface area contributed by atoms with E-state index in [0.717, 1.165) is 30.5 Å². The van der Waals surface area contributed by atoms with Crippen LogP contribution in [0.4, 0.5) is 0 Å². The number of H-pyrrole nitrogens is 1. The number of nitrogens with zero attached hydrogens (tertiary/aromatic N) is 1. The molecule has 1 atom stereocenters. The number of aromatic nitrogens is 2. The van der Waals surface area contributed by atoms with Crippen molar-refractivity contribution in [3.05, 3.63) is 17.0 Å². The standard InChI is InChI=1S/C13H21N3O2/c1-8(2)11(17)6-7-14-13(18)12-9-4-3-5-10(9)15-16-12/h8,11,17H,3-7H2,1-2H3,(H,14,18)(H,15,16). The van der Waals surface area contributed by atoms with Crippen LogP contribution in [0.1, 0.15) is 48.4 Å². The average Bonchev–Trinajstić information content (AvgIpc) is 2.89. The van der Waals surface area contributed by atoms with E-state index in [2.05, 4.69) is 15.5 Å². The van der Waals surface area contributed by atoms with Gasteiger partial charge in [-0.1, -0.05) is 13.8 Å². The van der Waals surface area contributed by atoms with Crippen LogP contribution in [0.25, 0.3) is 0 Å². The van der Waals surface area contributed by atoms with Gasteiger partial charge in [0.25, 0.3) is 5.91 Å². The summed E-state index contributed by atoms with van der Waals surface area (Å²) in [6.07, 6.45) is 3.23. The minimum atomic E-state index is -0.366. The lowest BCUT2D eigenvalue weighted by atomic mass is 10.0. The molecule has 1 amide bonds. The van der Waals surface area contributed by atoms with Crippen LogP contribution in [0.5, 0.6) is 0 Å². The molecule has 1 unspecified atom stereocenters. The van der Waals surface area contributed by atoms with Gasteiger partial charge >= 0.3 is 0 Å². The summed E-state index contributed by atoms with van der Waals surface area (Å²) in [4.78, 5) is 11.9. The summed E-state index contributed by atoms with van der Waals surface area (Å²) in [5.41, 5.74) is 2.70. The van der Waals surface area contributed by atoms with Gasteiger partial charge in [-0.25, -0.2) is 0 Å². The number of aliphatic hydroxyl groups excluding tert-OH is 1. The number of aryl methyl sites for hydroxylation is 1. The van der Waals surface area contributed by atoms with Crippen LogP contribution < -0.4 is 5.32 Å². The number of hydrogen-bond donors (Lipinski definition) is 3. The molecule has 1 aromatic heterocycles.